The molecule has 51 heavy (non-hydrogen) atoms. The molecule has 0 bridgehead atoms. The zero-order chi connectivity index (χ0) is 35.8. The fourth-order valence-corrected chi connectivity index (χ4v) is 16.2. The standard InChI is InChI=1S/2C16H16F2NO.2C5H5.Ti/c2*1-20-10-9-19(12-13-5-3-2-4-6-13)16-8-7-14(17)11-15(16)18;2*1-2-4-5-3-1;/h2*2-8H,9-10,12H2,1H3;2*1-5H;. The van der Waals surface area contributed by atoms with Gasteiger partial charge in [-0.05, 0) is 0 Å². The van der Waals surface area contributed by atoms with Crippen LogP contribution in [-0.2, 0) is 39.2 Å². The van der Waals surface area contributed by atoms with Crippen LogP contribution in [0.2, 0.25) is 8.45 Å². The van der Waals surface area contributed by atoms with Crippen LogP contribution in [0.15, 0.2) is 134 Å². The predicted molar refractivity (Wildman–Crippen MR) is 195 cm³/mol. The summed E-state index contributed by atoms with van der Waals surface area (Å²) in [5.41, 5.74) is 2.16. The van der Waals surface area contributed by atoms with E-state index in [1.54, 1.807) is 48.3 Å². The number of anilines is 2. The predicted octanol–water partition coefficient (Wildman–Crippen LogP) is 8.48. The number of rotatable bonds is 16. The molecule has 4 aromatic carbocycles. The van der Waals surface area contributed by atoms with E-state index in [1.165, 1.54) is 24.3 Å². The minimum atomic E-state index is -5.04. The van der Waals surface area contributed by atoms with E-state index in [9.17, 15) is 0 Å². The Balaban J connectivity index is 1.61. The first kappa shape index (κ1) is 36.6. The van der Waals surface area contributed by atoms with Gasteiger partial charge in [-0.1, -0.05) is 0 Å². The molecule has 0 spiro atoms. The molecule has 0 aliphatic heterocycles. The second kappa shape index (κ2) is 16.9. The van der Waals surface area contributed by atoms with Crippen LogP contribution in [0.5, 0.6) is 0 Å². The van der Waals surface area contributed by atoms with Crippen LogP contribution >= 0.6 is 0 Å². The molecule has 0 amide bonds. The number of halogens is 4. The Labute approximate surface area is 301 Å². The van der Waals surface area contributed by atoms with Crippen LogP contribution in [0.3, 0.4) is 0 Å². The normalized spacial score (nSPS) is 14.2. The fourth-order valence-electron chi connectivity index (χ4n) is 7.39. The summed E-state index contributed by atoms with van der Waals surface area (Å²) in [5.74, 6) is -3.21. The van der Waals surface area contributed by atoms with Crippen LogP contribution in [-0.4, -0.2) is 40.5 Å². The van der Waals surface area contributed by atoms with Crippen molar-refractivity contribution in [1.29, 1.82) is 0 Å². The van der Waals surface area contributed by atoms with Crippen molar-refractivity contribution in [3.8, 4) is 0 Å². The molecule has 4 aromatic rings. The minimum absolute atomic E-state index is 0.155. The van der Waals surface area contributed by atoms with Crippen molar-refractivity contribution in [1.82, 2.24) is 0 Å². The number of benzene rings is 4. The van der Waals surface area contributed by atoms with Crippen molar-refractivity contribution < 1.29 is 43.6 Å². The second-order valence-electron chi connectivity index (χ2n) is 12.8. The molecule has 0 saturated carbocycles. The molecule has 2 aliphatic carbocycles. The molecule has 0 radical (unpaired) electrons. The summed E-state index contributed by atoms with van der Waals surface area (Å²) >= 11 is -5.04. The van der Waals surface area contributed by atoms with Crippen LogP contribution in [0.25, 0.3) is 0 Å². The Kier molecular flexibility index (Phi) is 12.1. The van der Waals surface area contributed by atoms with Gasteiger partial charge in [0.1, 0.15) is 0 Å². The van der Waals surface area contributed by atoms with E-state index >= 15 is 17.6 Å². The fraction of sp³-hybridized carbons (Fsp3) is 0.238. The van der Waals surface area contributed by atoms with Gasteiger partial charge in [0.15, 0.2) is 0 Å². The molecule has 0 saturated heterocycles. The average molecular weight is 731 g/mol. The molecule has 6 rings (SSSR count). The topological polar surface area (TPSA) is 24.9 Å². The quantitative estimate of drug-likeness (QED) is 0.0854. The molecule has 0 aromatic heterocycles. The van der Waals surface area contributed by atoms with E-state index in [0.29, 0.717) is 26.2 Å². The molecule has 0 unspecified atom stereocenters. The van der Waals surface area contributed by atoms with E-state index in [0.717, 1.165) is 11.1 Å². The molecule has 0 fully saturated rings. The first-order valence-corrected chi connectivity index (χ1v) is 20.5. The third kappa shape index (κ3) is 7.56. The van der Waals surface area contributed by atoms with E-state index in [4.69, 9.17) is 9.47 Å². The third-order valence-corrected chi connectivity index (χ3v) is 18.3. The number of methoxy groups -OCH3 is 2. The SMILES string of the molecule is COCCN(Cc1ccccc1)c1ccc(F)[c]([Ti]([c]2c(F)ccc(N(CCOC)Cc3ccccc3)c2F)([CH]2C=CC=C2)[CH]2C=CC=C2)c1F. The second-order valence-corrected chi connectivity index (χ2v) is 19.1. The summed E-state index contributed by atoms with van der Waals surface area (Å²) in [6.45, 7) is 1.85. The average Bonchev–Trinajstić information content (AvgIpc) is 3.89. The van der Waals surface area contributed by atoms with E-state index in [2.05, 4.69) is 0 Å². The number of allylic oxidation sites excluding steroid dienone is 8. The summed E-state index contributed by atoms with van der Waals surface area (Å²) in [5, 5.41) is 0. The van der Waals surface area contributed by atoms with Gasteiger partial charge in [-0.15, -0.1) is 0 Å². The first-order chi connectivity index (χ1) is 24.9. The molecule has 0 heterocycles. The van der Waals surface area contributed by atoms with Crippen LogP contribution < -0.4 is 17.5 Å². The van der Waals surface area contributed by atoms with E-state index in [-0.39, 0.29) is 32.3 Å². The van der Waals surface area contributed by atoms with Crippen molar-refractivity contribution in [2.75, 3.05) is 50.3 Å². The monoisotopic (exact) mass is 730 g/mol. The van der Waals surface area contributed by atoms with Gasteiger partial charge in [-0.25, -0.2) is 0 Å². The molecule has 9 heteroatoms. The number of hydrogen-bond donors (Lipinski definition) is 0. The molecular weight excluding hydrogens is 688 g/mol. The zero-order valence-corrected chi connectivity index (χ0v) is 30.4. The van der Waals surface area contributed by atoms with Gasteiger partial charge in [0.05, 0.1) is 0 Å². The number of ether oxygens (including phenoxy) is 2. The summed E-state index contributed by atoms with van der Waals surface area (Å²) in [4.78, 5) is 3.61. The molecule has 0 atom stereocenters. The molecule has 0 N–H and O–H groups in total. The van der Waals surface area contributed by atoms with Crippen molar-refractivity contribution in [2.24, 2.45) is 0 Å². The van der Waals surface area contributed by atoms with Crippen LogP contribution in [0.1, 0.15) is 11.1 Å². The first-order valence-electron chi connectivity index (χ1n) is 17.1. The van der Waals surface area contributed by atoms with Gasteiger partial charge in [0.25, 0.3) is 0 Å². The Morgan fingerprint density at radius 1 is 0.529 bits per heavy atom. The number of nitrogens with zero attached hydrogens (tertiary/aromatic N) is 2. The summed E-state index contributed by atoms with van der Waals surface area (Å²) in [7, 11) is 3.13. The van der Waals surface area contributed by atoms with Crippen molar-refractivity contribution in [3.63, 3.8) is 0 Å². The Morgan fingerprint density at radius 2 is 0.902 bits per heavy atom. The van der Waals surface area contributed by atoms with Gasteiger partial charge in [0.2, 0.25) is 0 Å². The number of hydrogen-bond acceptors (Lipinski definition) is 4. The van der Waals surface area contributed by atoms with Gasteiger partial charge in [-0.2, -0.15) is 0 Å². The maximum absolute atomic E-state index is 17.7. The molecule has 4 nitrogen and oxygen atoms in total. The van der Waals surface area contributed by atoms with Crippen LogP contribution in [0.4, 0.5) is 28.9 Å². The maximum atomic E-state index is 17.7. The van der Waals surface area contributed by atoms with Crippen molar-refractivity contribution >= 4 is 19.1 Å². The van der Waals surface area contributed by atoms with Crippen molar-refractivity contribution in [2.45, 2.75) is 21.5 Å². The Hall–Kier alpha value is -4.21. The molecular formula is C42H42F4N2O2Ti. The summed E-state index contributed by atoms with van der Waals surface area (Å²) in [6.07, 6.45) is 14.6. The van der Waals surface area contributed by atoms with E-state index < -0.39 is 48.3 Å². The Bertz CT molecular complexity index is 1750. The van der Waals surface area contributed by atoms with Gasteiger partial charge in [-0.3, -0.25) is 0 Å². The van der Waals surface area contributed by atoms with Gasteiger partial charge < -0.3 is 0 Å². The van der Waals surface area contributed by atoms with Gasteiger partial charge in [0, 0.05) is 0 Å². The summed E-state index contributed by atoms with van der Waals surface area (Å²) < 4.78 is 78.2. The van der Waals surface area contributed by atoms with Crippen LogP contribution in [0, 0.1) is 23.3 Å². The zero-order valence-electron chi connectivity index (χ0n) is 28.8. The summed E-state index contributed by atoms with van der Waals surface area (Å²) in [6, 6.07) is 24.5. The van der Waals surface area contributed by atoms with Crippen molar-refractivity contribution in [3.05, 3.63) is 168 Å². The third-order valence-electron chi connectivity index (χ3n) is 9.76. The molecule has 2 aliphatic rings. The van der Waals surface area contributed by atoms with Gasteiger partial charge >= 0.3 is 303 Å². The Morgan fingerprint density at radius 3 is 1.25 bits per heavy atom. The molecule has 264 valence electrons. The van der Waals surface area contributed by atoms with E-state index in [1.807, 2.05) is 85.0 Å².